The lowest BCUT2D eigenvalue weighted by molar-refractivity contribution is 0.337. The van der Waals surface area contributed by atoms with E-state index >= 15 is 0 Å². The van der Waals surface area contributed by atoms with Crippen LogP contribution in [0.1, 0.15) is 27.7 Å². The van der Waals surface area contributed by atoms with Gasteiger partial charge >= 0.3 is 0 Å². The molecule has 0 aliphatic carbocycles. The lowest BCUT2D eigenvalue weighted by atomic mass is 10.1. The number of halogens is 1. The third-order valence-corrected chi connectivity index (χ3v) is 2.07. The molecule has 0 radical (unpaired) electrons. The number of hydrogen-bond acceptors (Lipinski definition) is 6. The normalized spacial score (nSPS) is 11.9. The Morgan fingerprint density at radius 1 is 0.824 bits per heavy atom. The van der Waals surface area contributed by atoms with Crippen molar-refractivity contribution >= 4 is 24.2 Å². The van der Waals surface area contributed by atoms with Gasteiger partial charge in [0, 0.05) is 0 Å². The Morgan fingerprint density at radius 3 is 1.24 bits per heavy atom. The Balaban J connectivity index is 0. The Labute approximate surface area is 108 Å². The van der Waals surface area contributed by atoms with Gasteiger partial charge in [0.2, 0.25) is 11.8 Å². The molecule has 0 aliphatic heterocycles. The van der Waals surface area contributed by atoms with Gasteiger partial charge in [-0.1, -0.05) is 0 Å². The topological polar surface area (TPSA) is 90.9 Å². The fourth-order valence-electron chi connectivity index (χ4n) is 0.840. The van der Waals surface area contributed by atoms with Crippen molar-refractivity contribution in [1.29, 1.82) is 10.8 Å². The first-order valence-corrected chi connectivity index (χ1v) is 4.87. The van der Waals surface area contributed by atoms with E-state index in [1.54, 1.807) is 27.7 Å². The molecule has 0 heterocycles. The number of rotatable bonds is 4. The van der Waals surface area contributed by atoms with Gasteiger partial charge in [-0.2, -0.15) is 10.2 Å². The van der Waals surface area contributed by atoms with Crippen LogP contribution in [0.2, 0.25) is 0 Å². The fourth-order valence-corrected chi connectivity index (χ4v) is 0.840. The molecule has 0 atom stereocenters. The Bertz CT molecular complexity index is 283. The summed E-state index contributed by atoms with van der Waals surface area (Å²) in [4.78, 5) is 0. The molecule has 0 aliphatic rings. The van der Waals surface area contributed by atoms with E-state index in [0.29, 0.717) is 0 Å². The zero-order valence-electron chi connectivity index (χ0n) is 11.1. The SMILES string of the molecule is COC(=N)C(C)(C)/N=N/C(C)(C)C(=N)OC.Cl. The lowest BCUT2D eigenvalue weighted by Gasteiger charge is -2.22. The van der Waals surface area contributed by atoms with Gasteiger partial charge in [-0.25, -0.2) is 0 Å². The maximum Gasteiger partial charge on any atom is 0.210 e. The molecule has 17 heavy (non-hydrogen) atoms. The van der Waals surface area contributed by atoms with Crippen LogP contribution in [-0.4, -0.2) is 37.1 Å². The summed E-state index contributed by atoms with van der Waals surface area (Å²) in [6, 6.07) is 0. The fraction of sp³-hybridized carbons (Fsp3) is 0.800. The van der Waals surface area contributed by atoms with E-state index in [-0.39, 0.29) is 24.2 Å². The number of nitrogens with one attached hydrogen (secondary N) is 2. The largest absolute Gasteiger partial charge is 0.483 e. The molecule has 0 saturated carbocycles. The van der Waals surface area contributed by atoms with Gasteiger partial charge < -0.3 is 9.47 Å². The van der Waals surface area contributed by atoms with Crippen LogP contribution in [0.3, 0.4) is 0 Å². The lowest BCUT2D eigenvalue weighted by Crippen LogP contribution is -2.33. The van der Waals surface area contributed by atoms with Crippen molar-refractivity contribution in [3.63, 3.8) is 0 Å². The van der Waals surface area contributed by atoms with E-state index in [0.717, 1.165) is 0 Å². The second-order valence-electron chi connectivity index (χ2n) is 4.38. The quantitative estimate of drug-likeness (QED) is 0.464. The van der Waals surface area contributed by atoms with Crippen molar-refractivity contribution in [2.75, 3.05) is 14.2 Å². The van der Waals surface area contributed by atoms with Crippen LogP contribution in [-0.2, 0) is 9.47 Å². The van der Waals surface area contributed by atoms with E-state index in [1.165, 1.54) is 14.2 Å². The van der Waals surface area contributed by atoms with Gasteiger partial charge in [-0.3, -0.25) is 10.8 Å². The Morgan fingerprint density at radius 2 is 1.06 bits per heavy atom. The molecule has 0 amide bonds. The van der Waals surface area contributed by atoms with Crippen LogP contribution in [0.4, 0.5) is 0 Å². The molecule has 0 spiro atoms. The summed E-state index contributed by atoms with van der Waals surface area (Å²) in [7, 11) is 2.84. The first-order chi connectivity index (χ1) is 7.17. The maximum atomic E-state index is 7.54. The average Bonchev–Trinajstić information content (AvgIpc) is 2.24. The highest BCUT2D eigenvalue weighted by molar-refractivity contribution is 5.85. The molecule has 0 rings (SSSR count). The predicted molar refractivity (Wildman–Crippen MR) is 69.7 cm³/mol. The molecule has 6 nitrogen and oxygen atoms in total. The van der Waals surface area contributed by atoms with Crippen molar-refractivity contribution in [2.24, 2.45) is 10.2 Å². The molecular formula is C10H21ClN4O2. The van der Waals surface area contributed by atoms with Crippen molar-refractivity contribution in [3.05, 3.63) is 0 Å². The van der Waals surface area contributed by atoms with Gasteiger partial charge in [-0.15, -0.1) is 12.4 Å². The van der Waals surface area contributed by atoms with E-state index in [1.807, 2.05) is 0 Å². The minimum Gasteiger partial charge on any atom is -0.483 e. The zero-order chi connectivity index (χ0) is 13.0. The second kappa shape index (κ2) is 6.54. The van der Waals surface area contributed by atoms with Crippen molar-refractivity contribution < 1.29 is 9.47 Å². The highest BCUT2D eigenvalue weighted by atomic mass is 35.5. The summed E-state index contributed by atoms with van der Waals surface area (Å²) >= 11 is 0. The van der Waals surface area contributed by atoms with Crippen LogP contribution in [0, 0.1) is 10.8 Å². The first kappa shape index (κ1) is 18.2. The number of hydrogen-bond donors (Lipinski definition) is 2. The molecule has 0 aromatic rings. The van der Waals surface area contributed by atoms with Gasteiger partial charge in [0.25, 0.3) is 0 Å². The maximum absolute atomic E-state index is 7.54. The van der Waals surface area contributed by atoms with E-state index in [2.05, 4.69) is 10.2 Å². The average molecular weight is 265 g/mol. The van der Waals surface area contributed by atoms with Crippen molar-refractivity contribution in [3.8, 4) is 0 Å². The van der Waals surface area contributed by atoms with E-state index < -0.39 is 11.1 Å². The highest BCUT2D eigenvalue weighted by Gasteiger charge is 2.29. The molecule has 7 heteroatoms. The minimum atomic E-state index is -0.833. The third-order valence-electron chi connectivity index (χ3n) is 2.07. The van der Waals surface area contributed by atoms with Crippen LogP contribution in [0.25, 0.3) is 0 Å². The molecule has 0 fully saturated rings. The summed E-state index contributed by atoms with van der Waals surface area (Å²) in [5.41, 5.74) is -1.67. The van der Waals surface area contributed by atoms with Crippen LogP contribution in [0.5, 0.6) is 0 Å². The van der Waals surface area contributed by atoms with E-state index in [4.69, 9.17) is 20.3 Å². The Kier molecular flexibility index (Phi) is 7.00. The number of nitrogens with zero attached hydrogens (tertiary/aromatic N) is 2. The molecule has 0 bridgehead atoms. The van der Waals surface area contributed by atoms with Crippen LogP contribution < -0.4 is 0 Å². The van der Waals surface area contributed by atoms with Gasteiger partial charge in [0.1, 0.15) is 0 Å². The monoisotopic (exact) mass is 264 g/mol. The van der Waals surface area contributed by atoms with Crippen LogP contribution in [0.15, 0.2) is 10.2 Å². The van der Waals surface area contributed by atoms with Crippen molar-refractivity contribution in [2.45, 2.75) is 38.8 Å². The minimum absolute atomic E-state index is 0. The summed E-state index contributed by atoms with van der Waals surface area (Å²) in [6.07, 6.45) is 0. The summed E-state index contributed by atoms with van der Waals surface area (Å²) in [5, 5.41) is 23.1. The third kappa shape index (κ3) is 5.12. The molecule has 100 valence electrons. The molecule has 0 unspecified atom stereocenters. The molecule has 2 N–H and O–H groups in total. The summed E-state index contributed by atoms with van der Waals surface area (Å²) in [5.74, 6) is 0.0481. The standard InChI is InChI=1S/C10H20N4O2.ClH/c1-9(2,7(11)15-5)13-14-10(3,4)8(12)16-6;/h11-12H,1-6H3;1H/b11-7?,12-8?,14-13+;. The van der Waals surface area contributed by atoms with Gasteiger partial charge in [0.05, 0.1) is 14.2 Å². The number of methoxy groups -OCH3 is 2. The Hall–Kier alpha value is -1.17. The molecule has 0 saturated heterocycles. The molecular weight excluding hydrogens is 244 g/mol. The van der Waals surface area contributed by atoms with E-state index in [9.17, 15) is 0 Å². The highest BCUT2D eigenvalue weighted by Crippen LogP contribution is 2.18. The van der Waals surface area contributed by atoms with Crippen LogP contribution >= 0.6 is 12.4 Å². The predicted octanol–water partition coefficient (Wildman–Crippen LogP) is 2.66. The molecule has 0 aromatic carbocycles. The summed E-state index contributed by atoms with van der Waals surface area (Å²) in [6.45, 7) is 6.87. The number of ether oxygens (including phenoxy) is 2. The first-order valence-electron chi connectivity index (χ1n) is 4.87. The second-order valence-corrected chi connectivity index (χ2v) is 4.38. The smallest absolute Gasteiger partial charge is 0.210 e. The zero-order valence-corrected chi connectivity index (χ0v) is 11.9. The van der Waals surface area contributed by atoms with Crippen molar-refractivity contribution in [1.82, 2.24) is 0 Å². The summed E-state index contributed by atoms with van der Waals surface area (Å²) < 4.78 is 9.62. The molecule has 0 aromatic heterocycles. The number of azo groups is 1. The van der Waals surface area contributed by atoms with Gasteiger partial charge in [-0.05, 0) is 27.7 Å². The van der Waals surface area contributed by atoms with Gasteiger partial charge in [0.15, 0.2) is 11.1 Å².